The Labute approximate surface area is 325 Å². The van der Waals surface area contributed by atoms with Crippen LogP contribution in [-0.4, -0.2) is 29.5 Å². The van der Waals surface area contributed by atoms with Gasteiger partial charge < -0.3 is 0 Å². The topological polar surface area (TPSA) is 69.4 Å². The molecule has 0 fully saturated rings. The highest BCUT2D eigenvalue weighted by atomic mass is 32.1. The average molecular weight is 745 g/mol. The maximum Gasteiger partial charge on any atom is 0.195 e. The van der Waals surface area contributed by atoms with E-state index in [1.54, 1.807) is 22.7 Å². The summed E-state index contributed by atoms with van der Waals surface area (Å²) in [6.07, 6.45) is 16.9. The minimum Gasteiger partial charge on any atom is -0.285 e. The molecule has 9 aromatic rings. The molecule has 2 aliphatic carbocycles. The summed E-state index contributed by atoms with van der Waals surface area (Å²) in [5.74, 6) is 2.17. The first-order chi connectivity index (χ1) is 27.2. The maximum atomic E-state index is 5.10. The molecule has 0 saturated heterocycles. The molecule has 55 heavy (non-hydrogen) atoms. The summed E-state index contributed by atoms with van der Waals surface area (Å²) >= 11 is 3.43. The van der Waals surface area contributed by atoms with Crippen LogP contribution in [0.15, 0.2) is 146 Å². The Balaban J connectivity index is 0.959. The smallest absolute Gasteiger partial charge is 0.195 e. The molecule has 11 rings (SSSR count). The molecule has 0 atom stereocenters. The Kier molecular flexibility index (Phi) is 7.70. The van der Waals surface area contributed by atoms with Crippen LogP contribution in [0.5, 0.6) is 0 Å². The van der Waals surface area contributed by atoms with Gasteiger partial charge in [0.05, 0.1) is 31.5 Å². The van der Waals surface area contributed by atoms with Crippen LogP contribution >= 0.6 is 22.7 Å². The van der Waals surface area contributed by atoms with Crippen molar-refractivity contribution >= 4 is 76.1 Å². The molecule has 262 valence electrons. The van der Waals surface area contributed by atoms with Crippen molar-refractivity contribution in [2.75, 3.05) is 0 Å². The summed E-state index contributed by atoms with van der Waals surface area (Å²) in [4.78, 5) is 25.1. The van der Waals surface area contributed by atoms with E-state index in [1.165, 1.54) is 15.5 Å². The second kappa shape index (κ2) is 13.2. The third kappa shape index (κ3) is 5.73. The third-order valence-corrected chi connectivity index (χ3v) is 12.5. The van der Waals surface area contributed by atoms with E-state index in [1.807, 2.05) is 6.07 Å². The third-order valence-electron chi connectivity index (χ3n) is 10.4. The lowest BCUT2D eigenvalue weighted by molar-refractivity contribution is 0.953. The molecule has 0 amide bonds. The number of allylic oxidation sites excluding steroid dienone is 8. The molecule has 8 heteroatoms. The second-order valence-electron chi connectivity index (χ2n) is 13.9. The van der Waals surface area contributed by atoms with Gasteiger partial charge >= 0.3 is 0 Å². The van der Waals surface area contributed by atoms with Gasteiger partial charge in [0.1, 0.15) is 5.01 Å². The van der Waals surface area contributed by atoms with Crippen molar-refractivity contribution in [1.29, 1.82) is 0 Å². The minimum atomic E-state index is 0.689. The van der Waals surface area contributed by atoms with Crippen molar-refractivity contribution in [2.24, 2.45) is 0 Å². The number of benzene rings is 5. The zero-order chi connectivity index (χ0) is 36.3. The normalized spacial score (nSPS) is 14.3. The highest BCUT2D eigenvalue weighted by Crippen LogP contribution is 2.39. The van der Waals surface area contributed by atoms with E-state index in [9.17, 15) is 0 Å². The van der Waals surface area contributed by atoms with Gasteiger partial charge in [0.25, 0.3) is 0 Å². The number of nitrogens with zero attached hydrogens (tertiary/aromatic N) is 6. The number of thiazole rings is 2. The Morgan fingerprint density at radius 3 is 2.25 bits per heavy atom. The van der Waals surface area contributed by atoms with E-state index in [-0.39, 0.29) is 0 Å². The predicted molar refractivity (Wildman–Crippen MR) is 230 cm³/mol. The molecule has 0 spiro atoms. The van der Waals surface area contributed by atoms with Gasteiger partial charge in [-0.15, -0.1) is 11.3 Å². The van der Waals surface area contributed by atoms with Crippen LogP contribution in [0, 0.1) is 0 Å². The van der Waals surface area contributed by atoms with Crippen LogP contribution in [-0.2, 0) is 0 Å². The van der Waals surface area contributed by atoms with Crippen molar-refractivity contribution < 1.29 is 0 Å². The lowest BCUT2D eigenvalue weighted by atomic mass is 10.0. The molecule has 0 aliphatic heterocycles. The maximum absolute atomic E-state index is 5.10. The molecule has 0 radical (unpaired) electrons. The number of hydrogen-bond acceptors (Lipinski definition) is 7. The molecule has 5 aromatic carbocycles. The van der Waals surface area contributed by atoms with E-state index >= 15 is 0 Å². The van der Waals surface area contributed by atoms with Crippen LogP contribution in [0.25, 0.3) is 91.6 Å². The van der Waals surface area contributed by atoms with E-state index in [4.69, 9.17) is 24.9 Å². The van der Waals surface area contributed by atoms with E-state index in [0.29, 0.717) is 5.82 Å². The Morgan fingerprint density at radius 2 is 1.35 bits per heavy atom. The summed E-state index contributed by atoms with van der Waals surface area (Å²) in [5, 5.41) is 4.39. The van der Waals surface area contributed by atoms with Crippen molar-refractivity contribution in [2.45, 2.75) is 25.7 Å². The van der Waals surface area contributed by atoms with Crippen molar-refractivity contribution in [3.8, 4) is 38.2 Å². The molecule has 2 aliphatic rings. The quantitative estimate of drug-likeness (QED) is 0.170. The standard InChI is InChI=1S/C47H32N6S2/c1-3-12-29(13-4-1)43-50-44(30-14-5-2-6-15-30)52-45(51-43)33-22-24-38-42(28-33)54-46(48-38)34-17-11-16-31(26-34)32-23-25-40-36(27-32)35-18-7-9-20-39(35)53(40)47-49-37-19-8-10-21-41(37)55-47/h1,3,5,7-12,14-28H,2,4,6,13H2. The molecule has 6 nitrogen and oxygen atoms in total. The van der Waals surface area contributed by atoms with Crippen LogP contribution < -0.4 is 0 Å². The molecule has 0 N–H and O–H groups in total. The van der Waals surface area contributed by atoms with E-state index < -0.39 is 0 Å². The Hall–Kier alpha value is -6.35. The zero-order valence-corrected chi connectivity index (χ0v) is 31.3. The lowest BCUT2D eigenvalue weighted by Gasteiger charge is -2.12. The molecular formula is C47H32N6S2. The molecule has 4 heterocycles. The summed E-state index contributed by atoms with van der Waals surface area (Å²) in [7, 11) is 0. The highest BCUT2D eigenvalue weighted by Gasteiger charge is 2.19. The van der Waals surface area contributed by atoms with Crippen LogP contribution in [0.3, 0.4) is 0 Å². The lowest BCUT2D eigenvalue weighted by Crippen LogP contribution is -2.06. The van der Waals surface area contributed by atoms with Crippen molar-refractivity contribution in [1.82, 2.24) is 29.5 Å². The summed E-state index contributed by atoms with van der Waals surface area (Å²) in [6.45, 7) is 0. The number of rotatable bonds is 6. The molecular weight excluding hydrogens is 713 g/mol. The van der Waals surface area contributed by atoms with Gasteiger partial charge in [0.2, 0.25) is 0 Å². The number of hydrogen-bond donors (Lipinski definition) is 0. The predicted octanol–water partition coefficient (Wildman–Crippen LogP) is 12.7. The summed E-state index contributed by atoms with van der Waals surface area (Å²) in [6, 6.07) is 38.9. The molecule has 0 bridgehead atoms. The van der Waals surface area contributed by atoms with E-state index in [0.717, 1.165) is 108 Å². The van der Waals surface area contributed by atoms with Gasteiger partial charge in [-0.3, -0.25) is 4.57 Å². The number of fused-ring (bicyclic) bond motifs is 5. The first-order valence-electron chi connectivity index (χ1n) is 18.6. The SMILES string of the molecule is C1=CCCC(c2nc(C3=CCCC=C3)nc(-c3ccc4nc(-c5cccc(-c6ccc7c(c6)c6ccccc6n7-c6nc7ccccc7s6)c5)sc4c3)n2)=C1. The van der Waals surface area contributed by atoms with Gasteiger partial charge in [0, 0.05) is 27.5 Å². The second-order valence-corrected chi connectivity index (χ2v) is 16.0. The van der Waals surface area contributed by atoms with Crippen LogP contribution in [0.4, 0.5) is 0 Å². The van der Waals surface area contributed by atoms with Gasteiger partial charge in [-0.25, -0.2) is 24.9 Å². The fraction of sp³-hybridized carbons (Fsp3) is 0.0851. The van der Waals surface area contributed by atoms with Crippen LogP contribution in [0.1, 0.15) is 37.3 Å². The van der Waals surface area contributed by atoms with Gasteiger partial charge in [-0.2, -0.15) is 0 Å². The highest BCUT2D eigenvalue weighted by molar-refractivity contribution is 7.21. The summed E-state index contributed by atoms with van der Waals surface area (Å²) in [5.41, 5.74) is 10.9. The minimum absolute atomic E-state index is 0.689. The Bertz CT molecular complexity index is 3090. The van der Waals surface area contributed by atoms with E-state index in [2.05, 4.69) is 144 Å². The van der Waals surface area contributed by atoms with Gasteiger partial charge in [-0.05, 0) is 97.0 Å². The van der Waals surface area contributed by atoms with Crippen LogP contribution in [0.2, 0.25) is 0 Å². The fourth-order valence-corrected chi connectivity index (χ4v) is 9.67. The number of aromatic nitrogens is 6. The zero-order valence-electron chi connectivity index (χ0n) is 29.7. The fourth-order valence-electron chi connectivity index (χ4n) is 7.68. The molecule has 4 aromatic heterocycles. The first-order valence-corrected chi connectivity index (χ1v) is 20.3. The summed E-state index contributed by atoms with van der Waals surface area (Å²) < 4.78 is 4.59. The molecule has 0 unspecified atom stereocenters. The monoisotopic (exact) mass is 744 g/mol. The van der Waals surface area contributed by atoms with Crippen molar-refractivity contribution in [3.63, 3.8) is 0 Å². The number of para-hydroxylation sites is 2. The first kappa shape index (κ1) is 32.1. The Morgan fingerprint density at radius 1 is 0.527 bits per heavy atom. The van der Waals surface area contributed by atoms with Gasteiger partial charge in [-0.1, -0.05) is 102 Å². The van der Waals surface area contributed by atoms with Gasteiger partial charge in [0.15, 0.2) is 22.6 Å². The largest absolute Gasteiger partial charge is 0.285 e. The average Bonchev–Trinajstić information content (AvgIpc) is 3.97. The molecule has 0 saturated carbocycles. The van der Waals surface area contributed by atoms with Crippen molar-refractivity contribution in [3.05, 3.63) is 157 Å².